The Bertz CT molecular complexity index is 2250. The molecule has 0 aliphatic heterocycles. The molecule has 0 aliphatic carbocycles. The zero-order chi connectivity index (χ0) is 35.3. The number of aromatic nitrogens is 7. The van der Waals surface area contributed by atoms with Gasteiger partial charge in [0, 0.05) is 57.2 Å². The monoisotopic (exact) mass is 818 g/mol. The van der Waals surface area contributed by atoms with Crippen molar-refractivity contribution in [3.05, 3.63) is 114 Å². The van der Waals surface area contributed by atoms with Crippen molar-refractivity contribution in [2.75, 3.05) is 0 Å². The molecule has 12 nitrogen and oxygen atoms in total. The number of hydrogen-bond donors (Lipinski definition) is 0. The van der Waals surface area contributed by atoms with Crippen LogP contribution in [0.25, 0.3) is 59.9 Å². The van der Waals surface area contributed by atoms with Crippen LogP contribution in [0.3, 0.4) is 0 Å². The van der Waals surface area contributed by atoms with Gasteiger partial charge in [-0.3, -0.25) is 29.6 Å². The molecule has 0 atom stereocenters. The Labute approximate surface area is 318 Å². The van der Waals surface area contributed by atoms with Gasteiger partial charge >= 0.3 is 19.5 Å². The van der Waals surface area contributed by atoms with Crippen molar-refractivity contribution >= 4 is 53.0 Å². The maximum atomic E-state index is 11.0. The number of ether oxygens (including phenoxy) is 2. The first-order chi connectivity index (χ1) is 24.4. The van der Waals surface area contributed by atoms with E-state index in [0.717, 1.165) is 21.7 Å². The van der Waals surface area contributed by atoms with E-state index in [1.54, 1.807) is 59.3 Å². The standard InChI is InChI=1S/C25H15N3O4S2.C9H9N4.CNS.Ru/c29-14-31-17-6-8-27-20(11-17)22-13-18(32-15-30)12-21(28-22)19-10-16(5-7-26-19)23-3-4-25(34-23)24-2-1-9-33-24;1-6-3-4-10-8(5-6)9-11-7(2)12-13-9;2-1-3;/h1-15H;3-5H,1-2H3;;/q;2*-1;+2. The summed E-state index contributed by atoms with van der Waals surface area (Å²) >= 11 is 7.11. The van der Waals surface area contributed by atoms with Crippen LogP contribution in [0, 0.1) is 13.8 Å². The number of thiocarbonyl (C=S) groups is 1. The zero-order valence-electron chi connectivity index (χ0n) is 26.7. The predicted octanol–water partition coefficient (Wildman–Crippen LogP) is 7.50. The van der Waals surface area contributed by atoms with E-state index in [1.807, 2.05) is 44.2 Å². The summed E-state index contributed by atoms with van der Waals surface area (Å²) in [6.07, 6.45) is 4.97. The van der Waals surface area contributed by atoms with Crippen LogP contribution in [0.5, 0.6) is 11.5 Å². The Balaban J connectivity index is 0.000000286. The summed E-state index contributed by atoms with van der Waals surface area (Å²) in [5, 5.41) is 18.3. The van der Waals surface area contributed by atoms with Crippen molar-refractivity contribution in [3.63, 3.8) is 0 Å². The molecular formula is C35H24N8O4RuS3. The Morgan fingerprint density at radius 3 is 2.02 bits per heavy atom. The van der Waals surface area contributed by atoms with Gasteiger partial charge in [0.05, 0.1) is 28.5 Å². The van der Waals surface area contributed by atoms with Gasteiger partial charge in [0.25, 0.3) is 12.9 Å². The Morgan fingerprint density at radius 1 is 0.745 bits per heavy atom. The minimum Gasteiger partial charge on any atom is -0.753 e. The molecule has 0 saturated carbocycles. The molecule has 0 radical (unpaired) electrons. The van der Waals surface area contributed by atoms with Crippen molar-refractivity contribution in [3.8, 4) is 66.0 Å². The first kappa shape index (κ1) is 38.3. The molecule has 0 amide bonds. The SMILES string of the molecule is Cc1ccnc(-c2nc(C)n[n-]2)c1.O=COc1ccnc(-c2cc(OC=O)cc(-c3cc(-c4ccc(-c5cccs5)s4)ccn3)n2)c1.[N-]=C=S.[Ru+2]. The van der Waals surface area contributed by atoms with E-state index in [2.05, 4.69) is 70.9 Å². The second-order valence-corrected chi connectivity index (χ2v) is 12.2. The number of pyridine rings is 4. The average molecular weight is 818 g/mol. The molecule has 0 fully saturated rings. The number of nitrogens with zero attached hydrogens (tertiary/aromatic N) is 8. The molecule has 0 aromatic carbocycles. The van der Waals surface area contributed by atoms with E-state index >= 15 is 0 Å². The first-order valence-electron chi connectivity index (χ1n) is 14.5. The van der Waals surface area contributed by atoms with Crippen LogP contribution < -0.4 is 14.6 Å². The number of carbonyl (C=O) groups excluding carboxylic acids is 2. The summed E-state index contributed by atoms with van der Waals surface area (Å²) in [4.78, 5) is 47.0. The Kier molecular flexibility index (Phi) is 14.3. The van der Waals surface area contributed by atoms with Gasteiger partial charge in [-0.2, -0.15) is 5.16 Å². The van der Waals surface area contributed by atoms with Crippen LogP contribution in [-0.2, 0) is 29.1 Å². The summed E-state index contributed by atoms with van der Waals surface area (Å²) in [6.45, 7) is 4.51. The fourth-order valence-electron chi connectivity index (χ4n) is 4.42. The molecule has 16 heteroatoms. The number of rotatable bonds is 9. The summed E-state index contributed by atoms with van der Waals surface area (Å²) in [5.41, 5.74) is 4.94. The fraction of sp³-hybridized carbons (Fsp3) is 0.0571. The zero-order valence-corrected chi connectivity index (χ0v) is 30.9. The van der Waals surface area contributed by atoms with Crippen molar-refractivity contribution in [1.29, 1.82) is 0 Å². The summed E-state index contributed by atoms with van der Waals surface area (Å²) in [6, 6.07) is 22.5. The Hall–Kier alpha value is -5.50. The third kappa shape index (κ3) is 10.5. The second-order valence-electron chi connectivity index (χ2n) is 9.94. The van der Waals surface area contributed by atoms with Gasteiger partial charge in [0.1, 0.15) is 11.5 Å². The molecular weight excluding hydrogens is 794 g/mol. The van der Waals surface area contributed by atoms with Gasteiger partial charge in [-0.15, -0.1) is 22.7 Å². The third-order valence-corrected chi connectivity index (χ3v) is 8.74. The number of carbonyl (C=O) groups is 2. The maximum absolute atomic E-state index is 11.0. The average Bonchev–Trinajstić information content (AvgIpc) is 3.93. The van der Waals surface area contributed by atoms with Gasteiger partial charge in [0.2, 0.25) is 0 Å². The van der Waals surface area contributed by atoms with Crippen LogP contribution in [0.4, 0.5) is 0 Å². The van der Waals surface area contributed by atoms with Gasteiger partial charge in [0.15, 0.2) is 0 Å². The van der Waals surface area contributed by atoms with Crippen LogP contribution in [-0.4, -0.2) is 48.1 Å². The molecule has 7 aromatic heterocycles. The van der Waals surface area contributed by atoms with Gasteiger partial charge in [-0.25, -0.2) is 4.98 Å². The smallest absolute Gasteiger partial charge is 0.753 e. The summed E-state index contributed by atoms with van der Waals surface area (Å²) < 4.78 is 10.0. The minimum atomic E-state index is 0. The second kappa shape index (κ2) is 19.0. The van der Waals surface area contributed by atoms with Crippen LogP contribution >= 0.6 is 34.9 Å². The van der Waals surface area contributed by atoms with E-state index in [1.165, 1.54) is 21.1 Å². The van der Waals surface area contributed by atoms with E-state index in [-0.39, 0.29) is 19.5 Å². The molecule has 7 aromatic rings. The van der Waals surface area contributed by atoms with E-state index in [9.17, 15) is 9.59 Å². The third-order valence-electron chi connectivity index (χ3n) is 6.54. The normalized spacial score (nSPS) is 9.84. The first-order valence-corrected chi connectivity index (χ1v) is 16.6. The van der Waals surface area contributed by atoms with Crippen molar-refractivity contribution in [2.24, 2.45) is 0 Å². The molecule has 254 valence electrons. The number of isothiocyanates is 1. The van der Waals surface area contributed by atoms with Gasteiger partial charge < -0.3 is 25.0 Å². The molecule has 0 unspecified atom stereocenters. The Morgan fingerprint density at radius 2 is 1.37 bits per heavy atom. The van der Waals surface area contributed by atoms with E-state index < -0.39 is 0 Å². The van der Waals surface area contributed by atoms with Gasteiger partial charge in [-0.1, -0.05) is 18.3 Å². The van der Waals surface area contributed by atoms with Crippen molar-refractivity contribution < 1.29 is 38.5 Å². The number of hydrogen-bond acceptors (Lipinski definition) is 13. The van der Waals surface area contributed by atoms with Crippen molar-refractivity contribution in [1.82, 2.24) is 35.1 Å². The maximum Gasteiger partial charge on any atom is 2.00 e. The van der Waals surface area contributed by atoms with Crippen LogP contribution in [0.15, 0.2) is 96.8 Å². The van der Waals surface area contributed by atoms with Crippen molar-refractivity contribution in [2.45, 2.75) is 13.8 Å². The summed E-state index contributed by atoms with van der Waals surface area (Å²) in [7, 11) is 0. The molecule has 0 aliphatic rings. The summed E-state index contributed by atoms with van der Waals surface area (Å²) in [5.74, 6) is 1.89. The molecule has 0 spiro atoms. The van der Waals surface area contributed by atoms with Crippen LogP contribution in [0.2, 0.25) is 0 Å². The molecule has 0 saturated heterocycles. The molecule has 51 heavy (non-hydrogen) atoms. The largest absolute Gasteiger partial charge is 2.00 e. The van der Waals surface area contributed by atoms with Crippen LogP contribution in [0.1, 0.15) is 11.4 Å². The predicted molar refractivity (Wildman–Crippen MR) is 195 cm³/mol. The molecule has 0 bridgehead atoms. The van der Waals surface area contributed by atoms with Gasteiger partial charge in [-0.05, 0) is 84.7 Å². The topological polar surface area (TPSA) is 166 Å². The molecule has 0 N–H and O–H groups in total. The number of aryl methyl sites for hydroxylation is 2. The number of thiophene rings is 2. The molecule has 7 heterocycles. The minimum absolute atomic E-state index is 0. The van der Waals surface area contributed by atoms with E-state index in [4.69, 9.17) is 14.9 Å². The fourth-order valence-corrected chi connectivity index (χ4v) is 6.26. The quantitative estimate of drug-likeness (QED) is 0.0610. The molecule has 7 rings (SSSR count). The van der Waals surface area contributed by atoms with E-state index in [0.29, 0.717) is 58.9 Å².